The Morgan fingerprint density at radius 2 is 1.59 bits per heavy atom. The number of aromatic nitrogens is 4. The molecule has 4 rings (SSSR count). The van der Waals surface area contributed by atoms with E-state index in [0.29, 0.717) is 25.3 Å². The van der Waals surface area contributed by atoms with Gasteiger partial charge in [0.05, 0.1) is 11.1 Å². The maximum absolute atomic E-state index is 14.2. The molecule has 0 radical (unpaired) electrons. The van der Waals surface area contributed by atoms with Crippen LogP contribution in [0.1, 0.15) is 30.7 Å². The third-order valence-corrected chi connectivity index (χ3v) is 4.65. The van der Waals surface area contributed by atoms with Crippen molar-refractivity contribution in [3.05, 3.63) is 53.4 Å². The van der Waals surface area contributed by atoms with Gasteiger partial charge in [0.1, 0.15) is 5.82 Å². The maximum atomic E-state index is 14.2. The molecule has 6 nitrogen and oxygen atoms in total. The van der Waals surface area contributed by atoms with Gasteiger partial charge in [-0.25, -0.2) is 23.1 Å². The number of hydrogen-bond donors (Lipinski definition) is 1. The fourth-order valence-corrected chi connectivity index (χ4v) is 3.05. The molecule has 0 unspecified atom stereocenters. The molecule has 3 aromatic rings. The average Bonchev–Trinajstić information content (AvgIpc) is 3.13. The van der Waals surface area contributed by atoms with E-state index in [9.17, 15) is 26.3 Å². The molecule has 1 fully saturated rings. The number of halogens is 6. The smallest absolute Gasteiger partial charge is 0.413 e. The lowest BCUT2D eigenvalue weighted by Crippen LogP contribution is -2.43. The molecular formula is C17H11F6N5O. The van der Waals surface area contributed by atoms with Crippen molar-refractivity contribution in [3.8, 4) is 11.5 Å². The predicted octanol–water partition coefficient (Wildman–Crippen LogP) is 4.45. The van der Waals surface area contributed by atoms with Crippen molar-refractivity contribution in [1.29, 1.82) is 0 Å². The monoisotopic (exact) mass is 415 g/mol. The van der Waals surface area contributed by atoms with Gasteiger partial charge < -0.3 is 9.73 Å². The van der Waals surface area contributed by atoms with Gasteiger partial charge in [-0.2, -0.15) is 13.2 Å². The summed E-state index contributed by atoms with van der Waals surface area (Å²) in [6.07, 6.45) is -0.907. The summed E-state index contributed by atoms with van der Waals surface area (Å²) >= 11 is 0. The highest BCUT2D eigenvalue weighted by Gasteiger charge is 2.42. The minimum atomic E-state index is -4.78. The van der Waals surface area contributed by atoms with Crippen molar-refractivity contribution in [1.82, 2.24) is 20.2 Å². The lowest BCUT2D eigenvalue weighted by atomic mass is 9.71. The van der Waals surface area contributed by atoms with E-state index in [-0.39, 0.29) is 17.1 Å². The topological polar surface area (TPSA) is 76.7 Å². The fraction of sp³-hybridized carbons (Fsp3) is 0.294. The molecule has 0 saturated heterocycles. The summed E-state index contributed by atoms with van der Waals surface area (Å²) in [6, 6.07) is 1.27. The Morgan fingerprint density at radius 3 is 2.14 bits per heavy atom. The van der Waals surface area contributed by atoms with Crippen LogP contribution in [0.15, 0.2) is 28.9 Å². The lowest BCUT2D eigenvalue weighted by Gasteiger charge is -2.43. The first-order valence-electron chi connectivity index (χ1n) is 8.34. The largest absolute Gasteiger partial charge is 0.470 e. The molecule has 1 N–H and O–H groups in total. The van der Waals surface area contributed by atoms with Gasteiger partial charge in [-0.3, -0.25) is 0 Å². The molecule has 0 bridgehead atoms. The zero-order chi connectivity index (χ0) is 20.8. The summed E-state index contributed by atoms with van der Waals surface area (Å²) in [5.41, 5.74) is -1.03. The van der Waals surface area contributed by atoms with Gasteiger partial charge in [-0.05, 0) is 25.3 Å². The van der Waals surface area contributed by atoms with Crippen molar-refractivity contribution in [2.24, 2.45) is 0 Å². The summed E-state index contributed by atoms with van der Waals surface area (Å²) in [7, 11) is 0. The molecule has 1 aromatic carbocycles. The van der Waals surface area contributed by atoms with Gasteiger partial charge in [0.25, 0.3) is 5.89 Å². The Labute approximate surface area is 159 Å². The number of anilines is 1. The molecule has 2 aromatic heterocycles. The SMILES string of the molecule is Fc1cc(F)c(C2(Nc3ncc(-c4nnc(C(F)(F)F)o4)cn3)CCC2)cc1F. The van der Waals surface area contributed by atoms with Crippen molar-refractivity contribution in [2.45, 2.75) is 31.0 Å². The van der Waals surface area contributed by atoms with Crippen LogP contribution in [0.4, 0.5) is 32.3 Å². The first-order valence-corrected chi connectivity index (χ1v) is 8.34. The van der Waals surface area contributed by atoms with Crippen LogP contribution in [-0.4, -0.2) is 20.2 Å². The lowest BCUT2D eigenvalue weighted by molar-refractivity contribution is -0.156. The van der Waals surface area contributed by atoms with Crippen LogP contribution in [-0.2, 0) is 11.7 Å². The first kappa shape index (κ1) is 19.2. The van der Waals surface area contributed by atoms with E-state index in [1.54, 1.807) is 0 Å². The molecule has 0 amide bonds. The van der Waals surface area contributed by atoms with Crippen LogP contribution in [0.25, 0.3) is 11.5 Å². The highest BCUT2D eigenvalue weighted by Crippen LogP contribution is 2.45. The Hall–Kier alpha value is -3.18. The molecule has 1 saturated carbocycles. The predicted molar refractivity (Wildman–Crippen MR) is 85.8 cm³/mol. The van der Waals surface area contributed by atoms with Crippen LogP contribution in [0, 0.1) is 17.5 Å². The molecular weight excluding hydrogens is 404 g/mol. The molecule has 1 aliphatic rings. The summed E-state index contributed by atoms with van der Waals surface area (Å²) in [5, 5.41) is 9.12. The summed E-state index contributed by atoms with van der Waals surface area (Å²) in [5.74, 6) is -5.28. The van der Waals surface area contributed by atoms with E-state index in [4.69, 9.17) is 0 Å². The highest BCUT2D eigenvalue weighted by molar-refractivity contribution is 5.51. The Morgan fingerprint density at radius 1 is 0.931 bits per heavy atom. The molecule has 0 spiro atoms. The number of nitrogens with zero attached hydrogens (tertiary/aromatic N) is 4. The first-order chi connectivity index (χ1) is 13.7. The van der Waals surface area contributed by atoms with Gasteiger partial charge in [-0.1, -0.05) is 0 Å². The maximum Gasteiger partial charge on any atom is 0.470 e. The number of alkyl halides is 3. The summed E-state index contributed by atoms with van der Waals surface area (Å²) < 4.78 is 83.2. The molecule has 2 heterocycles. The zero-order valence-electron chi connectivity index (χ0n) is 14.4. The third-order valence-electron chi connectivity index (χ3n) is 4.65. The van der Waals surface area contributed by atoms with Gasteiger partial charge in [0.2, 0.25) is 5.95 Å². The molecule has 0 atom stereocenters. The number of benzene rings is 1. The molecule has 1 aliphatic carbocycles. The minimum Gasteiger partial charge on any atom is -0.413 e. The van der Waals surface area contributed by atoms with Crippen molar-refractivity contribution < 1.29 is 30.8 Å². The van der Waals surface area contributed by atoms with Gasteiger partial charge in [0, 0.05) is 24.0 Å². The van der Waals surface area contributed by atoms with Gasteiger partial charge >= 0.3 is 12.1 Å². The van der Waals surface area contributed by atoms with E-state index in [1.807, 2.05) is 0 Å². The van der Waals surface area contributed by atoms with Crippen LogP contribution in [0.2, 0.25) is 0 Å². The Kier molecular flexibility index (Phi) is 4.43. The van der Waals surface area contributed by atoms with Gasteiger partial charge in [0.15, 0.2) is 11.6 Å². The van der Waals surface area contributed by atoms with E-state index in [2.05, 4.69) is 29.9 Å². The highest BCUT2D eigenvalue weighted by atomic mass is 19.4. The Bertz CT molecular complexity index is 1050. The normalized spacial score (nSPS) is 15.8. The van der Waals surface area contributed by atoms with Crippen molar-refractivity contribution in [3.63, 3.8) is 0 Å². The third kappa shape index (κ3) is 3.49. The standard InChI is InChI=1S/C17H11F6N5O/c18-10-5-12(20)11(19)4-9(10)16(2-1-3-16)26-15-24-6-8(7-25-15)13-27-28-14(29-13)17(21,22)23/h4-7H,1-3H2,(H,24,25,26). The fourth-order valence-electron chi connectivity index (χ4n) is 3.05. The van der Waals surface area contributed by atoms with E-state index in [1.165, 1.54) is 0 Å². The summed E-state index contributed by atoms with van der Waals surface area (Å²) in [6.45, 7) is 0. The van der Waals surface area contributed by atoms with Crippen LogP contribution in [0.5, 0.6) is 0 Å². The van der Waals surface area contributed by atoms with Crippen LogP contribution in [0.3, 0.4) is 0 Å². The number of hydrogen-bond acceptors (Lipinski definition) is 6. The molecule has 29 heavy (non-hydrogen) atoms. The van der Waals surface area contributed by atoms with E-state index in [0.717, 1.165) is 18.5 Å². The molecule has 152 valence electrons. The van der Waals surface area contributed by atoms with Crippen molar-refractivity contribution >= 4 is 5.95 Å². The molecule has 12 heteroatoms. The van der Waals surface area contributed by atoms with E-state index >= 15 is 0 Å². The zero-order valence-corrected chi connectivity index (χ0v) is 14.4. The second-order valence-corrected chi connectivity index (χ2v) is 6.51. The van der Waals surface area contributed by atoms with Crippen LogP contribution < -0.4 is 5.32 Å². The van der Waals surface area contributed by atoms with Gasteiger partial charge in [-0.15, -0.1) is 10.2 Å². The second kappa shape index (κ2) is 6.71. The van der Waals surface area contributed by atoms with Crippen LogP contribution >= 0.6 is 0 Å². The second-order valence-electron chi connectivity index (χ2n) is 6.51. The van der Waals surface area contributed by atoms with Crippen molar-refractivity contribution in [2.75, 3.05) is 5.32 Å². The average molecular weight is 415 g/mol. The Balaban J connectivity index is 1.58. The van der Waals surface area contributed by atoms with E-state index < -0.39 is 40.9 Å². The summed E-state index contributed by atoms with van der Waals surface area (Å²) in [4.78, 5) is 7.93. The quantitative estimate of drug-likeness (QED) is 0.501. The minimum absolute atomic E-state index is 0.0214. The number of rotatable bonds is 4. The molecule has 0 aliphatic heterocycles. The number of nitrogens with one attached hydrogen (secondary N) is 1.